The maximum Gasteiger partial charge on any atom is 0.193 e. The topological polar surface area (TPSA) is 27.6 Å². The second-order valence-electron chi connectivity index (χ2n) is 4.96. The van der Waals surface area contributed by atoms with Crippen LogP contribution in [-0.2, 0) is 12.8 Å². The van der Waals surface area contributed by atoms with Crippen LogP contribution >= 0.6 is 11.3 Å². The molecule has 112 valence electrons. The van der Waals surface area contributed by atoms with E-state index < -0.39 is 0 Å². The first kappa shape index (κ1) is 15.6. The Morgan fingerprint density at radius 3 is 2.62 bits per heavy atom. The van der Waals surface area contributed by atoms with Crippen LogP contribution in [0.4, 0.5) is 0 Å². The zero-order valence-corrected chi connectivity index (χ0v) is 13.6. The molecule has 0 saturated heterocycles. The molecule has 21 heavy (non-hydrogen) atoms. The molecule has 2 aromatic rings. The molecule has 0 radical (unpaired) electrons. The van der Waals surface area contributed by atoms with Gasteiger partial charge in [0.2, 0.25) is 0 Å². The molecule has 1 N–H and O–H groups in total. The summed E-state index contributed by atoms with van der Waals surface area (Å²) in [6.07, 6.45) is 2.08. The summed E-state index contributed by atoms with van der Waals surface area (Å²) in [4.78, 5) is 7.96. The third-order valence-electron chi connectivity index (χ3n) is 3.39. The molecule has 0 aliphatic rings. The third kappa shape index (κ3) is 5.23. The summed E-state index contributed by atoms with van der Waals surface area (Å²) in [7, 11) is 3.93. The normalized spacial score (nSPS) is 11.4. The van der Waals surface area contributed by atoms with Crippen LogP contribution in [-0.4, -0.2) is 38.0 Å². The lowest BCUT2D eigenvalue weighted by Crippen LogP contribution is -2.40. The zero-order chi connectivity index (χ0) is 14.9. The van der Waals surface area contributed by atoms with E-state index in [1.807, 2.05) is 24.5 Å². The van der Waals surface area contributed by atoms with Gasteiger partial charge in [0.05, 0.1) is 0 Å². The van der Waals surface area contributed by atoms with Gasteiger partial charge in [0, 0.05) is 32.1 Å². The maximum absolute atomic E-state index is 4.35. The van der Waals surface area contributed by atoms with Gasteiger partial charge in [-0.2, -0.15) is 0 Å². The Labute approximate surface area is 131 Å². The van der Waals surface area contributed by atoms with Gasteiger partial charge < -0.3 is 10.2 Å². The van der Waals surface area contributed by atoms with Crippen molar-refractivity contribution in [2.45, 2.75) is 12.8 Å². The average Bonchev–Trinajstić information content (AvgIpc) is 3.04. The van der Waals surface area contributed by atoms with Gasteiger partial charge in [-0.3, -0.25) is 4.99 Å². The number of hydrogen-bond donors (Lipinski definition) is 1. The molecule has 0 saturated carbocycles. The molecule has 3 nitrogen and oxygen atoms in total. The maximum atomic E-state index is 4.35. The molecule has 1 heterocycles. The summed E-state index contributed by atoms with van der Waals surface area (Å²) in [5, 5.41) is 5.55. The molecular formula is C17H23N3S. The van der Waals surface area contributed by atoms with Crippen LogP contribution in [0.3, 0.4) is 0 Å². The summed E-state index contributed by atoms with van der Waals surface area (Å²) in [5.74, 6) is 0.961. The van der Waals surface area contributed by atoms with E-state index in [2.05, 4.69) is 64.0 Å². The summed E-state index contributed by atoms with van der Waals surface area (Å²) in [5.41, 5.74) is 1.35. The Hall–Kier alpha value is -1.81. The van der Waals surface area contributed by atoms with Gasteiger partial charge in [0.25, 0.3) is 0 Å². The minimum absolute atomic E-state index is 0.903. The lowest BCUT2D eigenvalue weighted by atomic mass is 10.1. The van der Waals surface area contributed by atoms with Crippen molar-refractivity contribution in [2.75, 3.05) is 27.2 Å². The van der Waals surface area contributed by atoms with Crippen molar-refractivity contribution in [3.63, 3.8) is 0 Å². The largest absolute Gasteiger partial charge is 0.356 e. The molecule has 2 rings (SSSR count). The Kier molecular flexibility index (Phi) is 6.28. The second kappa shape index (κ2) is 8.47. The molecule has 0 spiro atoms. The highest BCUT2D eigenvalue weighted by molar-refractivity contribution is 7.09. The van der Waals surface area contributed by atoms with Crippen molar-refractivity contribution in [1.82, 2.24) is 10.2 Å². The van der Waals surface area contributed by atoms with Gasteiger partial charge in [-0.05, 0) is 29.9 Å². The van der Waals surface area contributed by atoms with E-state index in [0.717, 1.165) is 31.9 Å². The minimum Gasteiger partial charge on any atom is -0.356 e. The number of aliphatic imine (C=N–C) groups is 1. The van der Waals surface area contributed by atoms with Gasteiger partial charge in [0.1, 0.15) is 0 Å². The van der Waals surface area contributed by atoms with Crippen LogP contribution in [0, 0.1) is 0 Å². The lowest BCUT2D eigenvalue weighted by Gasteiger charge is -2.21. The fraction of sp³-hybridized carbons (Fsp3) is 0.353. The smallest absolute Gasteiger partial charge is 0.193 e. The van der Waals surface area contributed by atoms with Crippen molar-refractivity contribution in [3.05, 3.63) is 58.3 Å². The van der Waals surface area contributed by atoms with Gasteiger partial charge in [-0.1, -0.05) is 36.4 Å². The van der Waals surface area contributed by atoms with E-state index >= 15 is 0 Å². The van der Waals surface area contributed by atoms with Crippen LogP contribution in [0.25, 0.3) is 0 Å². The highest BCUT2D eigenvalue weighted by Crippen LogP contribution is 2.09. The number of rotatable bonds is 6. The van der Waals surface area contributed by atoms with E-state index in [1.54, 1.807) is 0 Å². The van der Waals surface area contributed by atoms with Gasteiger partial charge in [-0.15, -0.1) is 11.3 Å². The first-order chi connectivity index (χ1) is 10.3. The molecule has 0 atom stereocenters. The van der Waals surface area contributed by atoms with E-state index in [4.69, 9.17) is 0 Å². The molecule has 4 heteroatoms. The third-order valence-corrected chi connectivity index (χ3v) is 4.32. The molecule has 0 aliphatic carbocycles. The number of guanidine groups is 1. The standard InChI is InChI=1S/C17H23N3S/c1-18-17(19-12-10-15-7-4-3-5-8-15)20(2)13-11-16-9-6-14-21-16/h3-9,14H,10-13H2,1-2H3,(H,18,19). The number of nitrogens with one attached hydrogen (secondary N) is 1. The predicted octanol–water partition coefficient (Wildman–Crippen LogP) is 3.04. The van der Waals surface area contributed by atoms with Gasteiger partial charge in [-0.25, -0.2) is 0 Å². The highest BCUT2D eigenvalue weighted by atomic mass is 32.1. The molecular weight excluding hydrogens is 278 g/mol. The van der Waals surface area contributed by atoms with Crippen LogP contribution in [0.5, 0.6) is 0 Å². The van der Waals surface area contributed by atoms with Crippen molar-refractivity contribution in [3.8, 4) is 0 Å². The molecule has 0 bridgehead atoms. The number of likely N-dealkylation sites (N-methyl/N-ethyl adjacent to an activating group) is 1. The van der Waals surface area contributed by atoms with Crippen molar-refractivity contribution in [2.24, 2.45) is 4.99 Å². The number of benzene rings is 1. The fourth-order valence-corrected chi connectivity index (χ4v) is 2.88. The van der Waals surface area contributed by atoms with E-state index in [0.29, 0.717) is 0 Å². The number of hydrogen-bond acceptors (Lipinski definition) is 2. The molecule has 1 aromatic heterocycles. The summed E-state index contributed by atoms with van der Waals surface area (Å²) in [6, 6.07) is 14.8. The van der Waals surface area contributed by atoms with Gasteiger partial charge in [0.15, 0.2) is 5.96 Å². The summed E-state index contributed by atoms with van der Waals surface area (Å²) >= 11 is 1.81. The van der Waals surface area contributed by atoms with Crippen LogP contribution < -0.4 is 5.32 Å². The molecule has 0 fully saturated rings. The van der Waals surface area contributed by atoms with Crippen molar-refractivity contribution >= 4 is 17.3 Å². The van der Waals surface area contributed by atoms with E-state index in [9.17, 15) is 0 Å². The van der Waals surface area contributed by atoms with E-state index in [-0.39, 0.29) is 0 Å². The first-order valence-electron chi connectivity index (χ1n) is 7.27. The monoisotopic (exact) mass is 301 g/mol. The Morgan fingerprint density at radius 2 is 1.95 bits per heavy atom. The summed E-state index contributed by atoms with van der Waals surface area (Å²) < 4.78 is 0. The minimum atomic E-state index is 0.903. The molecule has 0 amide bonds. The van der Waals surface area contributed by atoms with Crippen LogP contribution in [0.1, 0.15) is 10.4 Å². The predicted molar refractivity (Wildman–Crippen MR) is 92.2 cm³/mol. The fourth-order valence-electron chi connectivity index (χ4n) is 2.19. The highest BCUT2D eigenvalue weighted by Gasteiger charge is 2.05. The van der Waals surface area contributed by atoms with Crippen LogP contribution in [0.2, 0.25) is 0 Å². The van der Waals surface area contributed by atoms with Crippen molar-refractivity contribution < 1.29 is 0 Å². The van der Waals surface area contributed by atoms with E-state index in [1.165, 1.54) is 10.4 Å². The Morgan fingerprint density at radius 1 is 1.14 bits per heavy atom. The molecule has 1 aromatic carbocycles. The SMILES string of the molecule is CN=C(NCCc1ccccc1)N(C)CCc1cccs1. The first-order valence-corrected chi connectivity index (χ1v) is 8.15. The van der Waals surface area contributed by atoms with Crippen LogP contribution in [0.15, 0.2) is 52.8 Å². The summed E-state index contributed by atoms with van der Waals surface area (Å²) in [6.45, 7) is 1.88. The number of thiophene rings is 1. The molecule has 0 aliphatic heterocycles. The quantitative estimate of drug-likeness (QED) is 0.656. The Balaban J connectivity index is 1.74. The van der Waals surface area contributed by atoms with Crippen molar-refractivity contribution in [1.29, 1.82) is 0 Å². The Bertz CT molecular complexity index is 534. The zero-order valence-electron chi connectivity index (χ0n) is 12.7. The second-order valence-corrected chi connectivity index (χ2v) is 5.99. The lowest BCUT2D eigenvalue weighted by molar-refractivity contribution is 0.487. The average molecular weight is 301 g/mol. The number of nitrogens with zero attached hydrogens (tertiary/aromatic N) is 2. The molecule has 0 unspecified atom stereocenters. The van der Waals surface area contributed by atoms with Gasteiger partial charge >= 0.3 is 0 Å².